The van der Waals surface area contributed by atoms with Crippen LogP contribution in [0.1, 0.15) is 5.01 Å². The molecular formula is C15H13ClN4S2. The average Bonchev–Trinajstić information content (AvgIpc) is 3.06. The number of nitrogens with zero attached hydrogens (tertiary/aromatic N) is 3. The number of nitrogens with one attached hydrogen (secondary N) is 1. The van der Waals surface area contributed by atoms with E-state index in [9.17, 15) is 0 Å². The van der Waals surface area contributed by atoms with E-state index in [1.54, 1.807) is 35.4 Å². The van der Waals surface area contributed by atoms with Crippen molar-refractivity contribution in [2.24, 2.45) is 0 Å². The maximum atomic E-state index is 6.11. The molecule has 0 radical (unpaired) electrons. The molecule has 3 aromatic rings. The van der Waals surface area contributed by atoms with Gasteiger partial charge < -0.3 is 5.32 Å². The second-order valence-electron chi connectivity index (χ2n) is 4.41. The number of halogens is 1. The Kier molecular flexibility index (Phi) is 4.92. The summed E-state index contributed by atoms with van der Waals surface area (Å²) in [5.41, 5.74) is 1.81. The maximum absolute atomic E-state index is 6.11. The molecule has 7 heteroatoms. The van der Waals surface area contributed by atoms with E-state index in [1.165, 1.54) is 4.90 Å². The van der Waals surface area contributed by atoms with Gasteiger partial charge in [0, 0.05) is 28.1 Å². The predicted octanol–water partition coefficient (Wildman–Crippen LogP) is 4.59. The van der Waals surface area contributed by atoms with Gasteiger partial charge in [0.25, 0.3) is 0 Å². The lowest BCUT2D eigenvalue weighted by molar-refractivity contribution is 1.04. The average molecular weight is 349 g/mol. The van der Waals surface area contributed by atoms with Crippen molar-refractivity contribution in [3.8, 4) is 11.3 Å². The van der Waals surface area contributed by atoms with Crippen molar-refractivity contribution in [2.45, 2.75) is 11.4 Å². The molecule has 3 rings (SSSR count). The predicted molar refractivity (Wildman–Crippen MR) is 93.7 cm³/mol. The van der Waals surface area contributed by atoms with Crippen molar-refractivity contribution in [3.05, 3.63) is 52.1 Å². The standard InChI is InChI=1S/C15H13ClN4S2/c1-21-11-4-2-10(3-5-11)12-8-13(16)20-15(19-12)18-9-14-17-6-7-22-14/h2-8H,9H2,1H3,(H,18,19,20). The SMILES string of the molecule is CSc1ccc(-c2cc(Cl)nc(NCc3nccs3)n2)cc1. The Morgan fingerprint density at radius 1 is 1.23 bits per heavy atom. The third-order valence-electron chi connectivity index (χ3n) is 2.96. The fraction of sp³-hybridized carbons (Fsp3) is 0.133. The molecule has 1 N–H and O–H groups in total. The molecular weight excluding hydrogens is 336 g/mol. The number of hydrogen-bond donors (Lipinski definition) is 1. The van der Waals surface area contributed by atoms with Gasteiger partial charge in [-0.3, -0.25) is 0 Å². The number of benzene rings is 1. The van der Waals surface area contributed by atoms with Gasteiger partial charge in [-0.1, -0.05) is 23.7 Å². The molecule has 2 heterocycles. The highest BCUT2D eigenvalue weighted by Gasteiger charge is 2.06. The van der Waals surface area contributed by atoms with Crippen molar-refractivity contribution in [1.82, 2.24) is 15.0 Å². The number of aromatic nitrogens is 3. The fourth-order valence-electron chi connectivity index (χ4n) is 1.90. The maximum Gasteiger partial charge on any atom is 0.225 e. The smallest absolute Gasteiger partial charge is 0.225 e. The third kappa shape index (κ3) is 3.76. The number of anilines is 1. The minimum Gasteiger partial charge on any atom is -0.348 e. The van der Waals surface area contributed by atoms with E-state index < -0.39 is 0 Å². The molecule has 0 atom stereocenters. The summed E-state index contributed by atoms with van der Waals surface area (Å²) in [6, 6.07) is 9.98. The molecule has 0 amide bonds. The van der Waals surface area contributed by atoms with Crippen molar-refractivity contribution < 1.29 is 0 Å². The van der Waals surface area contributed by atoms with Crippen molar-refractivity contribution in [1.29, 1.82) is 0 Å². The van der Waals surface area contributed by atoms with Crippen LogP contribution < -0.4 is 5.32 Å². The molecule has 4 nitrogen and oxygen atoms in total. The Morgan fingerprint density at radius 3 is 2.73 bits per heavy atom. The van der Waals surface area contributed by atoms with Gasteiger partial charge in [0.2, 0.25) is 5.95 Å². The molecule has 0 saturated carbocycles. The molecule has 0 bridgehead atoms. The van der Waals surface area contributed by atoms with Gasteiger partial charge in [-0.05, 0) is 18.4 Å². The number of thiazole rings is 1. The van der Waals surface area contributed by atoms with Gasteiger partial charge in [0.1, 0.15) is 10.2 Å². The lowest BCUT2D eigenvalue weighted by atomic mass is 10.1. The first-order valence-corrected chi connectivity index (χ1v) is 9.04. The first-order valence-electron chi connectivity index (χ1n) is 6.56. The highest BCUT2D eigenvalue weighted by atomic mass is 35.5. The van der Waals surface area contributed by atoms with E-state index in [1.807, 2.05) is 17.5 Å². The lowest BCUT2D eigenvalue weighted by Gasteiger charge is -2.07. The van der Waals surface area contributed by atoms with Crippen LogP contribution in [-0.2, 0) is 6.54 Å². The van der Waals surface area contributed by atoms with Crippen LogP contribution in [0.25, 0.3) is 11.3 Å². The van der Waals surface area contributed by atoms with Gasteiger partial charge >= 0.3 is 0 Å². The zero-order chi connectivity index (χ0) is 15.4. The number of rotatable bonds is 5. The van der Waals surface area contributed by atoms with Crippen molar-refractivity contribution >= 4 is 40.6 Å². The largest absolute Gasteiger partial charge is 0.348 e. The second kappa shape index (κ2) is 7.09. The Balaban J connectivity index is 1.82. The highest BCUT2D eigenvalue weighted by Crippen LogP contribution is 2.24. The minimum atomic E-state index is 0.417. The molecule has 0 aliphatic carbocycles. The number of thioether (sulfide) groups is 1. The molecule has 22 heavy (non-hydrogen) atoms. The van der Waals surface area contributed by atoms with Crippen LogP contribution >= 0.6 is 34.7 Å². The Hall–Kier alpha value is -1.63. The van der Waals surface area contributed by atoms with Crippen molar-refractivity contribution in [2.75, 3.05) is 11.6 Å². The normalized spacial score (nSPS) is 10.6. The Bertz CT molecular complexity index is 745. The first kappa shape index (κ1) is 15.3. The summed E-state index contributed by atoms with van der Waals surface area (Å²) in [6.45, 7) is 0.586. The highest BCUT2D eigenvalue weighted by molar-refractivity contribution is 7.98. The molecule has 0 unspecified atom stereocenters. The Morgan fingerprint density at radius 2 is 2.05 bits per heavy atom. The van der Waals surface area contributed by atoms with E-state index in [4.69, 9.17) is 11.6 Å². The zero-order valence-corrected chi connectivity index (χ0v) is 14.2. The Labute approximate surface area is 142 Å². The first-order chi connectivity index (χ1) is 10.7. The van der Waals surface area contributed by atoms with E-state index >= 15 is 0 Å². The van der Waals surface area contributed by atoms with Crippen LogP contribution in [0.2, 0.25) is 5.15 Å². The van der Waals surface area contributed by atoms with E-state index in [2.05, 4.69) is 38.7 Å². The molecule has 0 spiro atoms. The zero-order valence-electron chi connectivity index (χ0n) is 11.8. The van der Waals surface area contributed by atoms with Gasteiger partial charge in [-0.2, -0.15) is 0 Å². The lowest BCUT2D eigenvalue weighted by Crippen LogP contribution is -2.04. The van der Waals surface area contributed by atoms with E-state index in [0.29, 0.717) is 17.6 Å². The molecule has 0 saturated heterocycles. The molecule has 0 aliphatic heterocycles. The topological polar surface area (TPSA) is 50.7 Å². The van der Waals surface area contributed by atoms with Gasteiger partial charge in [-0.25, -0.2) is 15.0 Å². The molecule has 0 aliphatic rings. The van der Waals surface area contributed by atoms with Crippen LogP contribution in [0.5, 0.6) is 0 Å². The molecule has 0 fully saturated rings. The van der Waals surface area contributed by atoms with Gasteiger partial charge in [-0.15, -0.1) is 23.1 Å². The van der Waals surface area contributed by atoms with Crippen molar-refractivity contribution in [3.63, 3.8) is 0 Å². The second-order valence-corrected chi connectivity index (χ2v) is 6.65. The van der Waals surface area contributed by atoms with E-state index in [0.717, 1.165) is 16.3 Å². The summed E-state index contributed by atoms with van der Waals surface area (Å²) in [5, 5.41) is 6.49. The summed E-state index contributed by atoms with van der Waals surface area (Å²) in [4.78, 5) is 14.2. The quantitative estimate of drug-likeness (QED) is 0.540. The van der Waals surface area contributed by atoms with Crippen LogP contribution in [0.4, 0.5) is 5.95 Å². The van der Waals surface area contributed by atoms with E-state index in [-0.39, 0.29) is 0 Å². The summed E-state index contributed by atoms with van der Waals surface area (Å²) in [6.07, 6.45) is 3.83. The summed E-state index contributed by atoms with van der Waals surface area (Å²) >= 11 is 9.41. The third-order valence-corrected chi connectivity index (χ3v) is 4.68. The molecule has 112 valence electrons. The summed E-state index contributed by atoms with van der Waals surface area (Å²) in [7, 11) is 0. The van der Waals surface area contributed by atoms with Crippen LogP contribution in [0.3, 0.4) is 0 Å². The van der Waals surface area contributed by atoms with Crippen LogP contribution in [0, 0.1) is 0 Å². The summed E-state index contributed by atoms with van der Waals surface area (Å²) in [5.74, 6) is 0.506. The van der Waals surface area contributed by atoms with Gasteiger partial charge in [0.05, 0.1) is 12.2 Å². The fourth-order valence-corrected chi connectivity index (χ4v) is 3.05. The summed E-state index contributed by atoms with van der Waals surface area (Å²) < 4.78 is 0. The number of hydrogen-bond acceptors (Lipinski definition) is 6. The van der Waals surface area contributed by atoms with Crippen LogP contribution in [0.15, 0.2) is 46.8 Å². The monoisotopic (exact) mass is 348 g/mol. The minimum absolute atomic E-state index is 0.417. The van der Waals surface area contributed by atoms with Gasteiger partial charge in [0.15, 0.2) is 0 Å². The molecule has 2 aromatic heterocycles. The van der Waals surface area contributed by atoms with Crippen LogP contribution in [-0.4, -0.2) is 21.2 Å². The molecule has 1 aromatic carbocycles.